The van der Waals surface area contributed by atoms with Crippen molar-refractivity contribution in [2.45, 2.75) is 11.9 Å². The summed E-state index contributed by atoms with van der Waals surface area (Å²) in [5.74, 6) is -0.148. The van der Waals surface area contributed by atoms with Crippen molar-refractivity contribution in [3.05, 3.63) is 5.56 Å². The fourth-order valence-electron chi connectivity index (χ4n) is 0.974. The lowest BCUT2D eigenvalue weighted by Crippen LogP contribution is -2.24. The minimum Gasteiger partial charge on any atom is -0.341 e. The lowest BCUT2D eigenvalue weighted by atomic mass is 10.4. The quantitative estimate of drug-likeness (QED) is 0.836. The summed E-state index contributed by atoms with van der Waals surface area (Å²) in [7, 11) is -2.15. The third-order valence-electron chi connectivity index (χ3n) is 1.90. The first-order valence-electron chi connectivity index (χ1n) is 4.57. The van der Waals surface area contributed by atoms with Crippen LogP contribution in [0, 0.1) is 11.3 Å². The maximum atomic E-state index is 11.6. The summed E-state index contributed by atoms with van der Waals surface area (Å²) in [6.45, 7) is 1.46. The summed E-state index contributed by atoms with van der Waals surface area (Å²) in [6, 6.07) is 1.20. The zero-order valence-electron chi connectivity index (χ0n) is 9.14. The molecule has 9 heteroatoms. The van der Waals surface area contributed by atoms with E-state index in [-0.39, 0.29) is 21.3 Å². The average molecular weight is 274 g/mol. The van der Waals surface area contributed by atoms with Crippen LogP contribution in [0.2, 0.25) is 0 Å². The van der Waals surface area contributed by atoms with Crippen LogP contribution in [0.3, 0.4) is 0 Å². The molecule has 1 aromatic heterocycles. The van der Waals surface area contributed by atoms with Crippen molar-refractivity contribution in [1.82, 2.24) is 9.69 Å². The van der Waals surface area contributed by atoms with Gasteiger partial charge in [-0.25, -0.2) is 13.2 Å². The second-order valence-corrected chi connectivity index (χ2v) is 5.88. The number of amides is 2. The van der Waals surface area contributed by atoms with E-state index in [0.717, 1.165) is 11.5 Å². The largest absolute Gasteiger partial charge is 0.341 e. The molecule has 1 aromatic rings. The van der Waals surface area contributed by atoms with Gasteiger partial charge in [0.25, 0.3) is 0 Å². The zero-order chi connectivity index (χ0) is 13.1. The Hall–Kier alpha value is -1.66. The number of nitrogens with one attached hydrogen (secondary N) is 2. The minimum atomic E-state index is -3.56. The predicted octanol–water partition coefficient (Wildman–Crippen LogP) is 0.560. The van der Waals surface area contributed by atoms with Crippen molar-refractivity contribution in [2.75, 3.05) is 18.1 Å². The molecule has 0 aliphatic rings. The van der Waals surface area contributed by atoms with Crippen LogP contribution in [0.1, 0.15) is 12.5 Å². The molecular formula is C8H10N4O3S2. The number of nitriles is 1. The van der Waals surface area contributed by atoms with Gasteiger partial charge in [0.05, 0.1) is 5.75 Å². The number of hydrogen-bond donors (Lipinski definition) is 2. The zero-order valence-corrected chi connectivity index (χ0v) is 10.8. The highest BCUT2D eigenvalue weighted by Gasteiger charge is 2.24. The molecule has 0 bridgehead atoms. The number of urea groups is 1. The van der Waals surface area contributed by atoms with Gasteiger partial charge < -0.3 is 5.32 Å². The Kier molecular flexibility index (Phi) is 4.03. The van der Waals surface area contributed by atoms with E-state index < -0.39 is 15.9 Å². The summed E-state index contributed by atoms with van der Waals surface area (Å²) in [5.41, 5.74) is -0.125. The van der Waals surface area contributed by atoms with Gasteiger partial charge in [0.15, 0.2) is 14.9 Å². The summed E-state index contributed by atoms with van der Waals surface area (Å²) < 4.78 is 26.9. The van der Waals surface area contributed by atoms with Crippen molar-refractivity contribution >= 4 is 32.4 Å². The van der Waals surface area contributed by atoms with E-state index in [1.807, 2.05) is 0 Å². The van der Waals surface area contributed by atoms with Crippen LogP contribution in [-0.4, -0.2) is 31.6 Å². The predicted molar refractivity (Wildman–Crippen MR) is 62.6 cm³/mol. The van der Waals surface area contributed by atoms with Gasteiger partial charge in [-0.1, -0.05) is 6.92 Å². The number of anilines is 1. The first-order valence-corrected chi connectivity index (χ1v) is 7.00. The number of carbonyl (C=O) groups is 1. The minimum absolute atomic E-state index is 0.124. The molecule has 0 spiro atoms. The van der Waals surface area contributed by atoms with Crippen LogP contribution in [0.15, 0.2) is 5.03 Å². The van der Waals surface area contributed by atoms with Gasteiger partial charge in [0.1, 0.15) is 16.6 Å². The Morgan fingerprint density at radius 2 is 2.24 bits per heavy atom. The summed E-state index contributed by atoms with van der Waals surface area (Å²) in [6.07, 6.45) is 0. The van der Waals surface area contributed by atoms with Crippen molar-refractivity contribution in [3.8, 4) is 6.07 Å². The average Bonchev–Trinajstić information content (AvgIpc) is 2.72. The second kappa shape index (κ2) is 5.11. The van der Waals surface area contributed by atoms with E-state index in [0.29, 0.717) is 0 Å². The molecule has 17 heavy (non-hydrogen) atoms. The molecule has 7 nitrogen and oxygen atoms in total. The molecule has 1 heterocycles. The first kappa shape index (κ1) is 13.4. The van der Waals surface area contributed by atoms with Gasteiger partial charge in [-0.15, -0.1) is 0 Å². The van der Waals surface area contributed by atoms with Crippen LogP contribution in [0.25, 0.3) is 0 Å². The Balaban J connectivity index is 3.23. The number of aromatic nitrogens is 1. The molecule has 0 atom stereocenters. The molecular weight excluding hydrogens is 264 g/mol. The molecule has 0 radical (unpaired) electrons. The van der Waals surface area contributed by atoms with Crippen molar-refractivity contribution in [3.63, 3.8) is 0 Å². The van der Waals surface area contributed by atoms with Crippen molar-refractivity contribution in [2.24, 2.45) is 0 Å². The molecule has 2 N–H and O–H groups in total. The lowest BCUT2D eigenvalue weighted by molar-refractivity contribution is 0.254. The molecule has 2 amide bonds. The first-order chi connectivity index (χ1) is 7.96. The Morgan fingerprint density at radius 3 is 2.71 bits per heavy atom. The number of carbonyl (C=O) groups excluding carboxylic acids is 1. The topological polar surface area (TPSA) is 112 Å². The van der Waals surface area contributed by atoms with Crippen LogP contribution in [0.5, 0.6) is 0 Å². The van der Waals surface area contributed by atoms with E-state index in [2.05, 4.69) is 15.0 Å². The number of sulfone groups is 1. The van der Waals surface area contributed by atoms with E-state index in [1.54, 1.807) is 6.07 Å². The van der Waals surface area contributed by atoms with E-state index in [1.165, 1.54) is 14.0 Å². The van der Waals surface area contributed by atoms with Gasteiger partial charge in [-0.2, -0.15) is 9.64 Å². The number of nitrogens with zero attached hydrogens (tertiary/aromatic N) is 2. The van der Waals surface area contributed by atoms with Crippen LogP contribution in [-0.2, 0) is 9.84 Å². The van der Waals surface area contributed by atoms with E-state index in [4.69, 9.17) is 5.26 Å². The van der Waals surface area contributed by atoms with Crippen molar-refractivity contribution < 1.29 is 13.2 Å². The maximum absolute atomic E-state index is 11.6. The molecule has 1 rings (SSSR count). The lowest BCUT2D eigenvalue weighted by Gasteiger charge is -2.00. The SMILES string of the molecule is CCS(=O)(=O)c1nsc(NC(=O)NC)c1C#N. The monoisotopic (exact) mass is 274 g/mol. The van der Waals surface area contributed by atoms with Crippen LogP contribution < -0.4 is 10.6 Å². The highest BCUT2D eigenvalue weighted by atomic mass is 32.2. The third kappa shape index (κ3) is 2.72. The Labute approximate surface area is 103 Å². The van der Waals surface area contributed by atoms with Gasteiger partial charge in [0.2, 0.25) is 0 Å². The fourth-order valence-corrected chi connectivity index (χ4v) is 2.97. The Morgan fingerprint density at radius 1 is 1.59 bits per heavy atom. The molecule has 92 valence electrons. The van der Waals surface area contributed by atoms with Crippen molar-refractivity contribution in [1.29, 1.82) is 5.26 Å². The summed E-state index contributed by atoms with van der Waals surface area (Å²) in [4.78, 5) is 11.1. The van der Waals surface area contributed by atoms with Gasteiger partial charge in [-0.05, 0) is 11.5 Å². The molecule has 0 aliphatic heterocycles. The van der Waals surface area contributed by atoms with Crippen LogP contribution >= 0.6 is 11.5 Å². The van der Waals surface area contributed by atoms with Gasteiger partial charge >= 0.3 is 6.03 Å². The normalized spacial score (nSPS) is 10.6. The van der Waals surface area contributed by atoms with Gasteiger partial charge in [-0.3, -0.25) is 5.32 Å². The molecule has 0 aliphatic carbocycles. The summed E-state index contributed by atoms with van der Waals surface area (Å²) in [5, 5.41) is 13.4. The number of hydrogen-bond acceptors (Lipinski definition) is 6. The highest BCUT2D eigenvalue weighted by molar-refractivity contribution is 7.91. The van der Waals surface area contributed by atoms with E-state index in [9.17, 15) is 13.2 Å². The standard InChI is InChI=1S/C8H10N4O3S2/c1-3-17(14,15)7-5(4-9)6(16-12-7)11-8(13)10-2/h3H2,1-2H3,(H2,10,11,13). The van der Waals surface area contributed by atoms with Gasteiger partial charge in [0, 0.05) is 7.05 Å². The summed E-state index contributed by atoms with van der Waals surface area (Å²) >= 11 is 0.763. The Bertz CT molecular complexity index is 570. The highest BCUT2D eigenvalue weighted by Crippen LogP contribution is 2.27. The third-order valence-corrected chi connectivity index (χ3v) is 4.42. The molecule has 0 aromatic carbocycles. The molecule has 0 saturated heterocycles. The van der Waals surface area contributed by atoms with E-state index >= 15 is 0 Å². The molecule has 0 unspecified atom stereocenters. The number of rotatable bonds is 3. The maximum Gasteiger partial charge on any atom is 0.319 e. The molecule has 0 saturated carbocycles. The van der Waals surface area contributed by atoms with Crippen LogP contribution in [0.4, 0.5) is 9.80 Å². The molecule has 0 fully saturated rings. The fraction of sp³-hybridized carbons (Fsp3) is 0.375. The smallest absolute Gasteiger partial charge is 0.319 e. The second-order valence-electron chi connectivity index (χ2n) is 2.91.